The number of nitrogens with zero attached hydrogens (tertiary/aromatic N) is 1. The van der Waals surface area contributed by atoms with Crippen LogP contribution >= 0.6 is 0 Å². The molecular weight excluding hydrogens is 326 g/mol. The Labute approximate surface area is 153 Å². The first kappa shape index (κ1) is 16.0. The van der Waals surface area contributed by atoms with Crippen LogP contribution in [0.25, 0.3) is 6.08 Å². The number of carbonyl (C=O) groups excluding carboxylic acids is 1. The van der Waals surface area contributed by atoms with Crippen LogP contribution in [0.3, 0.4) is 0 Å². The fourth-order valence-corrected chi connectivity index (χ4v) is 5.16. The van der Waals surface area contributed by atoms with Crippen molar-refractivity contribution in [2.45, 2.75) is 50.0 Å². The second-order valence-corrected chi connectivity index (χ2v) is 7.74. The molecule has 26 heavy (non-hydrogen) atoms. The molecule has 0 aromatic heterocycles. The van der Waals surface area contributed by atoms with E-state index in [-0.39, 0.29) is 12.6 Å². The maximum atomic E-state index is 12.2. The molecule has 0 saturated carbocycles. The van der Waals surface area contributed by atoms with Crippen LogP contribution in [0.5, 0.6) is 0 Å². The van der Waals surface area contributed by atoms with Crippen molar-refractivity contribution in [3.05, 3.63) is 64.8 Å². The molecule has 0 amide bonds. The highest BCUT2D eigenvalue weighted by Gasteiger charge is 2.61. The third kappa shape index (κ3) is 2.32. The highest BCUT2D eigenvalue weighted by atomic mass is 16.6. The van der Waals surface area contributed by atoms with Gasteiger partial charge in [-0.15, -0.1) is 0 Å². The first-order valence-electron chi connectivity index (χ1n) is 9.50. The highest BCUT2D eigenvalue weighted by molar-refractivity contribution is 5.90. The Morgan fingerprint density at radius 1 is 1.23 bits per heavy atom. The molecule has 134 valence electrons. The van der Waals surface area contributed by atoms with Crippen molar-refractivity contribution in [2.24, 2.45) is 0 Å². The molecule has 4 nitrogen and oxygen atoms in total. The van der Waals surface area contributed by atoms with Crippen molar-refractivity contribution >= 4 is 12.0 Å². The molecule has 3 unspecified atom stereocenters. The number of carbonyl (C=O) groups is 1. The summed E-state index contributed by atoms with van der Waals surface area (Å²) in [6, 6.07) is 8.56. The number of hydrogen-bond donors (Lipinski definition) is 1. The number of esters is 1. The molecule has 4 aliphatic rings. The topological polar surface area (TPSA) is 49.8 Å². The van der Waals surface area contributed by atoms with Gasteiger partial charge in [0, 0.05) is 24.1 Å². The third-order valence-electron chi connectivity index (χ3n) is 6.32. The molecule has 4 heteroatoms. The number of benzene rings is 1. The predicted molar refractivity (Wildman–Crippen MR) is 99.1 cm³/mol. The molecule has 1 aromatic carbocycles. The summed E-state index contributed by atoms with van der Waals surface area (Å²) in [5.41, 5.74) is 3.74. The van der Waals surface area contributed by atoms with Crippen molar-refractivity contribution < 1.29 is 14.6 Å². The van der Waals surface area contributed by atoms with E-state index >= 15 is 0 Å². The lowest BCUT2D eigenvalue weighted by molar-refractivity contribution is -0.148. The van der Waals surface area contributed by atoms with E-state index in [1.54, 1.807) is 6.08 Å². The number of hydrogen-bond acceptors (Lipinski definition) is 4. The monoisotopic (exact) mass is 349 g/mol. The average Bonchev–Trinajstić information content (AvgIpc) is 3.15. The molecule has 1 N–H and O–H groups in total. The van der Waals surface area contributed by atoms with E-state index in [0.717, 1.165) is 41.7 Å². The van der Waals surface area contributed by atoms with Gasteiger partial charge >= 0.3 is 5.97 Å². The SMILES string of the molecule is O=C1C=C2C(C=Cc3ccc(CO)cc3)=CC3CC2(O1)C1CCCCN31. The van der Waals surface area contributed by atoms with Crippen LogP contribution in [0.15, 0.2) is 53.6 Å². The Morgan fingerprint density at radius 2 is 2.08 bits per heavy atom. The molecule has 3 heterocycles. The molecule has 2 saturated heterocycles. The number of aliphatic hydroxyl groups is 1. The van der Waals surface area contributed by atoms with Gasteiger partial charge in [-0.1, -0.05) is 48.9 Å². The standard InChI is InChI=1S/C22H23NO3/c24-14-16-6-4-15(5-7-16)8-9-17-11-18-13-22(19(17)12-21(25)26-22)20-3-1-2-10-23(18)20/h4-9,11-12,18,20,24H,1-3,10,13-14H2. The maximum absolute atomic E-state index is 12.2. The van der Waals surface area contributed by atoms with Gasteiger partial charge in [0.2, 0.25) is 0 Å². The van der Waals surface area contributed by atoms with Crippen molar-refractivity contribution in [1.29, 1.82) is 0 Å². The van der Waals surface area contributed by atoms with E-state index in [0.29, 0.717) is 12.1 Å². The summed E-state index contributed by atoms with van der Waals surface area (Å²) in [7, 11) is 0. The molecule has 2 fully saturated rings. The van der Waals surface area contributed by atoms with E-state index in [9.17, 15) is 9.90 Å². The molecule has 1 aliphatic carbocycles. The van der Waals surface area contributed by atoms with Gasteiger partial charge < -0.3 is 9.84 Å². The second kappa shape index (κ2) is 5.93. The zero-order valence-corrected chi connectivity index (χ0v) is 14.7. The smallest absolute Gasteiger partial charge is 0.332 e. The van der Waals surface area contributed by atoms with E-state index in [1.165, 1.54) is 12.8 Å². The van der Waals surface area contributed by atoms with Gasteiger partial charge in [-0.3, -0.25) is 4.90 Å². The van der Waals surface area contributed by atoms with Crippen LogP contribution in [-0.2, 0) is 16.1 Å². The predicted octanol–water partition coefficient (Wildman–Crippen LogP) is 2.98. The van der Waals surface area contributed by atoms with Crippen molar-refractivity contribution in [2.75, 3.05) is 6.54 Å². The lowest BCUT2D eigenvalue weighted by Gasteiger charge is -2.38. The van der Waals surface area contributed by atoms with Gasteiger partial charge in [-0.25, -0.2) is 4.79 Å². The molecule has 2 bridgehead atoms. The first-order chi connectivity index (χ1) is 12.7. The minimum absolute atomic E-state index is 0.0584. The zero-order valence-electron chi connectivity index (χ0n) is 14.7. The second-order valence-electron chi connectivity index (χ2n) is 7.74. The zero-order chi connectivity index (χ0) is 17.7. The Kier molecular flexibility index (Phi) is 3.66. The van der Waals surface area contributed by atoms with Crippen molar-refractivity contribution in [3.8, 4) is 0 Å². The Morgan fingerprint density at radius 3 is 2.88 bits per heavy atom. The minimum atomic E-state index is -0.433. The lowest BCUT2D eigenvalue weighted by Crippen LogP contribution is -2.48. The van der Waals surface area contributed by atoms with Gasteiger partial charge in [-0.2, -0.15) is 0 Å². The third-order valence-corrected chi connectivity index (χ3v) is 6.32. The highest BCUT2D eigenvalue weighted by Crippen LogP contribution is 2.53. The lowest BCUT2D eigenvalue weighted by atomic mass is 9.76. The summed E-state index contributed by atoms with van der Waals surface area (Å²) in [5, 5.41) is 9.17. The summed E-state index contributed by atoms with van der Waals surface area (Å²) in [5.74, 6) is -0.195. The number of allylic oxidation sites excluding steroid dienone is 1. The number of piperidine rings is 1. The van der Waals surface area contributed by atoms with Crippen molar-refractivity contribution in [1.82, 2.24) is 4.90 Å². The molecule has 1 aromatic rings. The number of rotatable bonds is 3. The number of aliphatic hydroxyl groups excluding tert-OH is 1. The normalized spacial score (nSPS) is 32.9. The van der Waals surface area contributed by atoms with Crippen molar-refractivity contribution in [3.63, 3.8) is 0 Å². The maximum Gasteiger partial charge on any atom is 0.332 e. The van der Waals surface area contributed by atoms with Crippen LogP contribution in [0, 0.1) is 0 Å². The summed E-state index contributed by atoms with van der Waals surface area (Å²) in [6.45, 7) is 1.15. The molecule has 1 spiro atoms. The number of ether oxygens (including phenoxy) is 1. The van der Waals surface area contributed by atoms with Gasteiger partial charge in [0.1, 0.15) is 0 Å². The Hall–Kier alpha value is -2.17. The minimum Gasteiger partial charge on any atom is -0.449 e. The summed E-state index contributed by atoms with van der Waals surface area (Å²) < 4.78 is 5.95. The van der Waals surface area contributed by atoms with E-state index in [4.69, 9.17) is 4.74 Å². The van der Waals surface area contributed by atoms with Crippen LogP contribution < -0.4 is 0 Å². The Balaban J connectivity index is 1.50. The largest absolute Gasteiger partial charge is 0.449 e. The fourth-order valence-electron chi connectivity index (χ4n) is 5.16. The summed E-state index contributed by atoms with van der Waals surface area (Å²) >= 11 is 0. The average molecular weight is 349 g/mol. The van der Waals surface area contributed by atoms with Gasteiger partial charge in [0.25, 0.3) is 0 Å². The van der Waals surface area contributed by atoms with Crippen LogP contribution in [-0.4, -0.2) is 40.2 Å². The molecule has 3 atom stereocenters. The van der Waals surface area contributed by atoms with E-state index in [1.807, 2.05) is 24.3 Å². The molecule has 5 rings (SSSR count). The summed E-state index contributed by atoms with van der Waals surface area (Å²) in [4.78, 5) is 14.7. The van der Waals surface area contributed by atoms with Gasteiger partial charge in [-0.05, 0) is 36.1 Å². The van der Waals surface area contributed by atoms with Gasteiger partial charge in [0.15, 0.2) is 5.60 Å². The quantitative estimate of drug-likeness (QED) is 0.853. The van der Waals surface area contributed by atoms with Crippen LogP contribution in [0.1, 0.15) is 36.8 Å². The van der Waals surface area contributed by atoms with Crippen LogP contribution in [0.2, 0.25) is 0 Å². The van der Waals surface area contributed by atoms with E-state index < -0.39 is 5.60 Å². The molecule has 0 radical (unpaired) electrons. The first-order valence-corrected chi connectivity index (χ1v) is 9.50. The fraction of sp³-hybridized carbons (Fsp3) is 0.409. The number of fused-ring (bicyclic) bond motifs is 3. The van der Waals surface area contributed by atoms with E-state index in [2.05, 4.69) is 23.1 Å². The summed E-state index contributed by atoms with van der Waals surface area (Å²) in [6.07, 6.45) is 12.7. The Bertz CT molecular complexity index is 835. The van der Waals surface area contributed by atoms with Crippen LogP contribution in [0.4, 0.5) is 0 Å². The van der Waals surface area contributed by atoms with Gasteiger partial charge in [0.05, 0.1) is 12.6 Å². The molecule has 3 aliphatic heterocycles. The molecular formula is C22H23NO3.